The topological polar surface area (TPSA) is 73.2 Å². The number of benzene rings is 2. The number of methoxy groups -OCH3 is 1. The van der Waals surface area contributed by atoms with Crippen LogP contribution in [-0.2, 0) is 16.6 Å². The first-order valence-electron chi connectivity index (χ1n) is 7.72. The van der Waals surface area contributed by atoms with Crippen LogP contribution in [0.4, 0.5) is 0 Å². The molecule has 0 fully saturated rings. The Morgan fingerprint density at radius 2 is 1.76 bits per heavy atom. The Balaban J connectivity index is 1.69. The van der Waals surface area contributed by atoms with Crippen molar-refractivity contribution in [3.8, 4) is 11.4 Å². The summed E-state index contributed by atoms with van der Waals surface area (Å²) < 4.78 is 34.3. The highest BCUT2D eigenvalue weighted by molar-refractivity contribution is 7.89. The van der Waals surface area contributed by atoms with E-state index in [0.29, 0.717) is 5.75 Å². The van der Waals surface area contributed by atoms with Crippen LogP contribution in [0.2, 0.25) is 0 Å². The maximum atomic E-state index is 12.3. The monoisotopic (exact) mass is 357 g/mol. The van der Waals surface area contributed by atoms with Gasteiger partial charge in [0.05, 0.1) is 12.0 Å². The quantitative estimate of drug-likeness (QED) is 0.736. The number of nitrogens with zero attached hydrogens (tertiary/aromatic N) is 2. The highest BCUT2D eigenvalue weighted by atomic mass is 32.2. The van der Waals surface area contributed by atoms with E-state index in [1.165, 1.54) is 19.2 Å². The van der Waals surface area contributed by atoms with E-state index in [4.69, 9.17) is 4.74 Å². The molecule has 0 saturated heterocycles. The number of hydrogen-bond donors (Lipinski definition) is 1. The van der Waals surface area contributed by atoms with Gasteiger partial charge in [-0.1, -0.05) is 12.1 Å². The van der Waals surface area contributed by atoms with Gasteiger partial charge in [0, 0.05) is 24.6 Å². The molecule has 0 aliphatic heterocycles. The predicted molar refractivity (Wildman–Crippen MR) is 95.3 cm³/mol. The minimum Gasteiger partial charge on any atom is -0.497 e. The first kappa shape index (κ1) is 17.2. The largest absolute Gasteiger partial charge is 0.497 e. The van der Waals surface area contributed by atoms with Crippen molar-refractivity contribution in [3.05, 3.63) is 72.3 Å². The van der Waals surface area contributed by atoms with Gasteiger partial charge in [-0.15, -0.1) is 0 Å². The van der Waals surface area contributed by atoms with Crippen LogP contribution in [0.25, 0.3) is 5.69 Å². The third-order valence-electron chi connectivity index (χ3n) is 3.88. The normalized spacial score (nSPS) is 11.4. The molecule has 6 nitrogen and oxygen atoms in total. The molecule has 0 aliphatic rings. The van der Waals surface area contributed by atoms with Crippen molar-refractivity contribution < 1.29 is 13.2 Å². The van der Waals surface area contributed by atoms with E-state index >= 15 is 0 Å². The molecule has 25 heavy (non-hydrogen) atoms. The molecular formula is C18H19N3O3S. The number of ether oxygens (including phenoxy) is 1. The Bertz CT molecular complexity index is 946. The minimum atomic E-state index is -3.56. The van der Waals surface area contributed by atoms with Crippen LogP contribution >= 0.6 is 0 Å². The highest BCUT2D eigenvalue weighted by Crippen LogP contribution is 2.16. The number of sulfonamides is 1. The van der Waals surface area contributed by atoms with Gasteiger partial charge in [-0.3, -0.25) is 0 Å². The molecule has 0 amide bonds. The molecule has 1 N–H and O–H groups in total. The lowest BCUT2D eigenvalue weighted by molar-refractivity contribution is 0.414. The van der Waals surface area contributed by atoms with Gasteiger partial charge in [0.15, 0.2) is 0 Å². The van der Waals surface area contributed by atoms with Crippen molar-refractivity contribution in [1.82, 2.24) is 14.3 Å². The molecule has 7 heteroatoms. The molecule has 0 bridgehead atoms. The number of imidazole rings is 1. The molecule has 1 aromatic heterocycles. The lowest BCUT2D eigenvalue weighted by Gasteiger charge is -2.09. The van der Waals surface area contributed by atoms with Gasteiger partial charge in [0.25, 0.3) is 0 Å². The third kappa shape index (κ3) is 3.89. The Morgan fingerprint density at radius 3 is 2.32 bits per heavy atom. The van der Waals surface area contributed by atoms with Crippen LogP contribution in [0.15, 0.2) is 65.8 Å². The molecule has 0 aliphatic carbocycles. The maximum absolute atomic E-state index is 12.3. The fourth-order valence-electron chi connectivity index (χ4n) is 2.44. The number of aryl methyl sites for hydroxylation is 1. The zero-order chi connectivity index (χ0) is 17.9. The molecular weight excluding hydrogens is 338 g/mol. The summed E-state index contributed by atoms with van der Waals surface area (Å²) in [5.41, 5.74) is 1.86. The summed E-state index contributed by atoms with van der Waals surface area (Å²) in [7, 11) is -2.03. The molecule has 130 valence electrons. The maximum Gasteiger partial charge on any atom is 0.240 e. The van der Waals surface area contributed by atoms with Crippen molar-refractivity contribution in [3.63, 3.8) is 0 Å². The lowest BCUT2D eigenvalue weighted by Crippen LogP contribution is -2.23. The van der Waals surface area contributed by atoms with E-state index in [0.717, 1.165) is 17.1 Å². The Hall–Kier alpha value is -2.64. The van der Waals surface area contributed by atoms with Crippen molar-refractivity contribution in [2.24, 2.45) is 0 Å². The molecule has 3 rings (SSSR count). The Kier molecular flexibility index (Phi) is 4.87. The van der Waals surface area contributed by atoms with Gasteiger partial charge in [0.1, 0.15) is 11.6 Å². The van der Waals surface area contributed by atoms with Gasteiger partial charge in [-0.25, -0.2) is 18.1 Å². The fraction of sp³-hybridized carbons (Fsp3) is 0.167. The number of hydrogen-bond acceptors (Lipinski definition) is 4. The summed E-state index contributed by atoms with van der Waals surface area (Å²) in [6.45, 7) is 2.15. The molecule has 0 unspecified atom stereocenters. The van der Waals surface area contributed by atoms with Crippen LogP contribution in [0.5, 0.6) is 5.75 Å². The smallest absolute Gasteiger partial charge is 0.240 e. The van der Waals surface area contributed by atoms with Crippen LogP contribution < -0.4 is 9.46 Å². The molecule has 0 saturated carbocycles. The van der Waals surface area contributed by atoms with Gasteiger partial charge in [-0.2, -0.15) is 0 Å². The van der Waals surface area contributed by atoms with Gasteiger partial charge >= 0.3 is 0 Å². The van der Waals surface area contributed by atoms with Crippen molar-refractivity contribution in [1.29, 1.82) is 0 Å². The Morgan fingerprint density at radius 1 is 1.08 bits per heavy atom. The zero-order valence-corrected chi connectivity index (χ0v) is 14.8. The highest BCUT2D eigenvalue weighted by Gasteiger charge is 2.13. The van der Waals surface area contributed by atoms with Crippen LogP contribution in [-0.4, -0.2) is 25.1 Å². The molecule has 2 aromatic carbocycles. The Labute approximate surface area is 147 Å². The number of nitrogens with one attached hydrogen (secondary N) is 1. The van der Waals surface area contributed by atoms with E-state index in [1.54, 1.807) is 18.3 Å². The average molecular weight is 357 g/mol. The summed E-state index contributed by atoms with van der Waals surface area (Å²) in [6.07, 6.45) is 3.63. The van der Waals surface area contributed by atoms with Crippen LogP contribution in [0, 0.1) is 6.92 Å². The van der Waals surface area contributed by atoms with Gasteiger partial charge < -0.3 is 9.30 Å². The molecule has 1 heterocycles. The predicted octanol–water partition coefficient (Wildman–Crippen LogP) is 2.67. The lowest BCUT2D eigenvalue weighted by atomic mass is 10.2. The zero-order valence-electron chi connectivity index (χ0n) is 14.0. The second kappa shape index (κ2) is 7.08. The SMILES string of the molecule is COc1ccc(S(=O)(=O)NCc2ccc(-n3ccnc3C)cc2)cc1. The molecule has 3 aromatic rings. The molecule has 0 spiro atoms. The van der Waals surface area contributed by atoms with Crippen molar-refractivity contribution in [2.75, 3.05) is 7.11 Å². The first-order chi connectivity index (χ1) is 12.0. The van der Waals surface area contributed by atoms with Crippen molar-refractivity contribution in [2.45, 2.75) is 18.4 Å². The van der Waals surface area contributed by atoms with Gasteiger partial charge in [0.2, 0.25) is 10.0 Å². The van der Waals surface area contributed by atoms with E-state index < -0.39 is 10.0 Å². The molecule has 0 radical (unpaired) electrons. The van der Waals surface area contributed by atoms with E-state index in [2.05, 4.69) is 9.71 Å². The van der Waals surface area contributed by atoms with Crippen LogP contribution in [0.3, 0.4) is 0 Å². The standard InChI is InChI=1S/C18H19N3O3S/c1-14-19-11-12-21(14)16-5-3-15(4-6-16)13-20-25(22,23)18-9-7-17(24-2)8-10-18/h3-12,20H,13H2,1-2H3. The van der Waals surface area contributed by atoms with Crippen molar-refractivity contribution >= 4 is 10.0 Å². The van der Waals surface area contributed by atoms with E-state index in [1.807, 2.05) is 42.0 Å². The number of rotatable bonds is 6. The van der Waals surface area contributed by atoms with Crippen LogP contribution in [0.1, 0.15) is 11.4 Å². The fourth-order valence-corrected chi connectivity index (χ4v) is 3.46. The molecule has 0 atom stereocenters. The summed E-state index contributed by atoms with van der Waals surface area (Å²) in [5, 5.41) is 0. The van der Waals surface area contributed by atoms with E-state index in [-0.39, 0.29) is 11.4 Å². The summed E-state index contributed by atoms with van der Waals surface area (Å²) in [4.78, 5) is 4.40. The first-order valence-corrected chi connectivity index (χ1v) is 9.21. The van der Waals surface area contributed by atoms with E-state index in [9.17, 15) is 8.42 Å². The summed E-state index contributed by atoms with van der Waals surface area (Å²) in [5.74, 6) is 1.51. The second-order valence-electron chi connectivity index (χ2n) is 5.51. The summed E-state index contributed by atoms with van der Waals surface area (Å²) >= 11 is 0. The second-order valence-corrected chi connectivity index (χ2v) is 7.28. The average Bonchev–Trinajstić information content (AvgIpc) is 3.06. The third-order valence-corrected chi connectivity index (χ3v) is 5.29. The number of aromatic nitrogens is 2. The minimum absolute atomic E-state index is 0.207. The summed E-state index contributed by atoms with van der Waals surface area (Å²) in [6, 6.07) is 13.9. The van der Waals surface area contributed by atoms with Gasteiger partial charge in [-0.05, 0) is 48.9 Å².